The van der Waals surface area contributed by atoms with Crippen LogP contribution in [0, 0.1) is 0 Å². The second kappa shape index (κ2) is 5.36. The highest BCUT2D eigenvalue weighted by atomic mass is 16.5. The first-order chi connectivity index (χ1) is 8.67. The average molecular weight is 254 g/mol. The highest BCUT2D eigenvalue weighted by Crippen LogP contribution is 2.17. The third kappa shape index (κ3) is 2.32. The first-order valence-corrected chi connectivity index (χ1v) is 6.01. The van der Waals surface area contributed by atoms with Gasteiger partial charge in [0.2, 0.25) is 0 Å². The first kappa shape index (κ1) is 12.8. The molecule has 1 aromatic rings. The molecule has 7 nitrogen and oxygen atoms in total. The third-order valence-corrected chi connectivity index (χ3v) is 3.07. The quantitative estimate of drug-likeness (QED) is 0.667. The Balaban J connectivity index is 2.12. The summed E-state index contributed by atoms with van der Waals surface area (Å²) in [5.41, 5.74) is 7.30. The molecular weight excluding hydrogens is 236 g/mol. The fraction of sp³-hybridized carbons (Fsp3) is 0.636. The van der Waals surface area contributed by atoms with Crippen molar-refractivity contribution in [2.75, 3.05) is 32.0 Å². The second-order valence-electron chi connectivity index (χ2n) is 4.24. The van der Waals surface area contributed by atoms with Gasteiger partial charge in [-0.05, 0) is 6.42 Å². The lowest BCUT2D eigenvalue weighted by atomic mass is 10.2. The van der Waals surface area contributed by atoms with E-state index in [-0.39, 0.29) is 24.3 Å². The highest BCUT2D eigenvalue weighted by Gasteiger charge is 2.27. The third-order valence-electron chi connectivity index (χ3n) is 3.07. The number of nitrogen functional groups attached to an aromatic ring is 1. The number of hydrogen-bond acceptors (Lipinski definition) is 5. The molecule has 0 spiro atoms. The Kier molecular flexibility index (Phi) is 3.83. The number of ether oxygens (including phenoxy) is 1. The van der Waals surface area contributed by atoms with Crippen LogP contribution in [-0.4, -0.2) is 58.5 Å². The van der Waals surface area contributed by atoms with Gasteiger partial charge in [-0.3, -0.25) is 9.89 Å². The van der Waals surface area contributed by atoms with Crippen LogP contribution in [0.4, 0.5) is 5.69 Å². The number of aliphatic hydroxyl groups excluding tert-OH is 1. The summed E-state index contributed by atoms with van der Waals surface area (Å²) in [6.45, 7) is 3.11. The number of nitrogens with zero attached hydrogens (tertiary/aromatic N) is 2. The lowest BCUT2D eigenvalue weighted by Crippen LogP contribution is -2.47. The van der Waals surface area contributed by atoms with Crippen LogP contribution < -0.4 is 5.73 Å². The maximum absolute atomic E-state index is 12.2. The number of hydrogen-bond donors (Lipinski definition) is 3. The summed E-state index contributed by atoms with van der Waals surface area (Å²) in [7, 11) is 0. The van der Waals surface area contributed by atoms with E-state index in [4.69, 9.17) is 15.6 Å². The number of aryl methyl sites for hydroxylation is 1. The van der Waals surface area contributed by atoms with Crippen molar-refractivity contribution in [3.8, 4) is 0 Å². The van der Waals surface area contributed by atoms with E-state index in [0.717, 1.165) is 5.69 Å². The summed E-state index contributed by atoms with van der Waals surface area (Å²) in [5.74, 6) is -0.217. The number of nitrogens with two attached hydrogens (primary N) is 1. The van der Waals surface area contributed by atoms with Crippen molar-refractivity contribution in [1.29, 1.82) is 0 Å². The minimum Gasteiger partial charge on any atom is -0.395 e. The standard InChI is InChI=1S/C11H18N4O3/c1-2-8-9(12)10(14-13-8)11(17)15-3-4-18-7(5-15)6-16/h7,16H,2-6,12H2,1H3,(H,13,14). The van der Waals surface area contributed by atoms with Crippen molar-refractivity contribution < 1.29 is 14.6 Å². The van der Waals surface area contributed by atoms with Gasteiger partial charge in [0, 0.05) is 13.1 Å². The molecule has 0 bridgehead atoms. The van der Waals surface area contributed by atoms with Gasteiger partial charge >= 0.3 is 0 Å². The number of aromatic nitrogens is 2. The van der Waals surface area contributed by atoms with Crippen LogP contribution in [0.3, 0.4) is 0 Å². The summed E-state index contributed by atoms with van der Waals surface area (Å²) in [5, 5.41) is 15.8. The van der Waals surface area contributed by atoms with Crippen molar-refractivity contribution in [2.45, 2.75) is 19.4 Å². The normalized spacial score (nSPS) is 20.1. The number of carbonyl (C=O) groups is 1. The van der Waals surface area contributed by atoms with E-state index >= 15 is 0 Å². The van der Waals surface area contributed by atoms with Crippen molar-refractivity contribution >= 4 is 11.6 Å². The molecule has 2 rings (SSSR count). The Bertz CT molecular complexity index is 432. The number of anilines is 1. The number of H-pyrrole nitrogens is 1. The number of nitrogens with one attached hydrogen (secondary N) is 1. The zero-order chi connectivity index (χ0) is 13.1. The fourth-order valence-corrected chi connectivity index (χ4v) is 1.98. The van der Waals surface area contributed by atoms with Crippen LogP contribution in [0.1, 0.15) is 23.1 Å². The van der Waals surface area contributed by atoms with Gasteiger partial charge in [-0.1, -0.05) is 6.92 Å². The number of amides is 1. The molecule has 1 atom stereocenters. The molecular formula is C11H18N4O3. The van der Waals surface area contributed by atoms with E-state index in [1.807, 2.05) is 6.92 Å². The molecule has 4 N–H and O–H groups in total. The van der Waals surface area contributed by atoms with Crippen LogP contribution in [-0.2, 0) is 11.2 Å². The first-order valence-electron chi connectivity index (χ1n) is 6.01. The summed E-state index contributed by atoms with van der Waals surface area (Å²) in [6.07, 6.45) is 0.377. The molecule has 18 heavy (non-hydrogen) atoms. The molecule has 1 amide bonds. The molecule has 0 aromatic carbocycles. The van der Waals surface area contributed by atoms with Gasteiger partial charge in [0.25, 0.3) is 5.91 Å². The zero-order valence-corrected chi connectivity index (χ0v) is 10.3. The van der Waals surface area contributed by atoms with Crippen molar-refractivity contribution in [2.24, 2.45) is 0 Å². The average Bonchev–Trinajstić information content (AvgIpc) is 2.79. The van der Waals surface area contributed by atoms with Crippen LogP contribution in [0.2, 0.25) is 0 Å². The summed E-state index contributed by atoms with van der Waals surface area (Å²) in [4.78, 5) is 13.8. The SMILES string of the molecule is CCc1[nH]nc(C(=O)N2CCOC(CO)C2)c1N. The predicted molar refractivity (Wildman–Crippen MR) is 65.1 cm³/mol. The molecule has 100 valence electrons. The van der Waals surface area contributed by atoms with E-state index < -0.39 is 0 Å². The molecule has 1 saturated heterocycles. The monoisotopic (exact) mass is 254 g/mol. The Hall–Kier alpha value is -1.60. The van der Waals surface area contributed by atoms with Gasteiger partial charge < -0.3 is 20.5 Å². The fourth-order valence-electron chi connectivity index (χ4n) is 1.98. The highest BCUT2D eigenvalue weighted by molar-refractivity contribution is 5.97. The number of rotatable bonds is 3. The van der Waals surface area contributed by atoms with Gasteiger partial charge in [0.1, 0.15) is 0 Å². The molecule has 0 saturated carbocycles. The molecule has 1 aliphatic rings. The topological polar surface area (TPSA) is 104 Å². The van der Waals surface area contributed by atoms with Crippen molar-refractivity contribution in [3.05, 3.63) is 11.4 Å². The van der Waals surface area contributed by atoms with Gasteiger partial charge in [-0.15, -0.1) is 0 Å². The van der Waals surface area contributed by atoms with Gasteiger partial charge in [0.05, 0.1) is 30.7 Å². The van der Waals surface area contributed by atoms with Crippen molar-refractivity contribution in [3.63, 3.8) is 0 Å². The van der Waals surface area contributed by atoms with Gasteiger partial charge in [-0.25, -0.2) is 0 Å². The number of aromatic amines is 1. The summed E-state index contributed by atoms with van der Waals surface area (Å²) in [6, 6.07) is 0. The van der Waals surface area contributed by atoms with Crippen LogP contribution >= 0.6 is 0 Å². The molecule has 1 unspecified atom stereocenters. The number of carbonyl (C=O) groups excluding carboxylic acids is 1. The van der Waals surface area contributed by atoms with Crippen molar-refractivity contribution in [1.82, 2.24) is 15.1 Å². The van der Waals surface area contributed by atoms with Gasteiger partial charge in [0.15, 0.2) is 5.69 Å². The summed E-state index contributed by atoms with van der Waals surface area (Å²) < 4.78 is 5.30. The maximum Gasteiger partial charge on any atom is 0.276 e. The molecule has 2 heterocycles. The lowest BCUT2D eigenvalue weighted by molar-refractivity contribution is -0.0448. The molecule has 0 radical (unpaired) electrons. The van der Waals surface area contributed by atoms with Crippen LogP contribution in [0.25, 0.3) is 0 Å². The Morgan fingerprint density at radius 3 is 3.11 bits per heavy atom. The van der Waals surface area contributed by atoms with E-state index in [0.29, 0.717) is 31.8 Å². The Morgan fingerprint density at radius 2 is 2.50 bits per heavy atom. The Labute approximate surface area is 105 Å². The molecule has 1 aromatic heterocycles. The lowest BCUT2D eigenvalue weighted by Gasteiger charge is -2.31. The van der Waals surface area contributed by atoms with E-state index in [1.165, 1.54) is 0 Å². The van der Waals surface area contributed by atoms with Crippen LogP contribution in [0.5, 0.6) is 0 Å². The molecule has 0 aliphatic carbocycles. The smallest absolute Gasteiger partial charge is 0.276 e. The second-order valence-corrected chi connectivity index (χ2v) is 4.24. The largest absolute Gasteiger partial charge is 0.395 e. The molecule has 1 aliphatic heterocycles. The number of morpholine rings is 1. The summed E-state index contributed by atoms with van der Waals surface area (Å²) >= 11 is 0. The molecule has 1 fully saturated rings. The van der Waals surface area contributed by atoms with Crippen LogP contribution in [0.15, 0.2) is 0 Å². The molecule has 7 heteroatoms. The van der Waals surface area contributed by atoms with E-state index in [2.05, 4.69) is 10.2 Å². The van der Waals surface area contributed by atoms with E-state index in [1.54, 1.807) is 4.90 Å². The Morgan fingerprint density at radius 1 is 1.72 bits per heavy atom. The van der Waals surface area contributed by atoms with Gasteiger partial charge in [-0.2, -0.15) is 5.10 Å². The predicted octanol–water partition coefficient (Wildman–Crippen LogP) is -0.612. The number of aliphatic hydroxyl groups is 1. The minimum absolute atomic E-state index is 0.0972. The maximum atomic E-state index is 12.2. The van der Waals surface area contributed by atoms with E-state index in [9.17, 15) is 4.79 Å². The minimum atomic E-state index is -0.325. The zero-order valence-electron chi connectivity index (χ0n) is 10.3.